The van der Waals surface area contributed by atoms with E-state index in [1.54, 1.807) is 6.92 Å². The lowest BCUT2D eigenvalue weighted by Gasteiger charge is -2.25. The Bertz CT molecular complexity index is 333. The molecular formula is C11H20N2O6. The Morgan fingerprint density at radius 3 is 2.26 bits per heavy atom. The standard InChI is InChI=1S/C11H20N2O6/c1-7(6-14)13(2)11(19)12-8(10(17)18)4-3-5-9(15)16/h7-8,14H,3-6H2,1-2H3,(H,12,19)(H,15,16)(H,17,18)/t7?,8-/m1/s1. The molecule has 0 radical (unpaired) electrons. The van der Waals surface area contributed by atoms with Crippen molar-refractivity contribution in [2.75, 3.05) is 13.7 Å². The minimum atomic E-state index is -1.22. The molecule has 0 aliphatic rings. The second-order valence-corrected chi connectivity index (χ2v) is 4.27. The predicted octanol–water partition coefficient (Wildman–Crippen LogP) is -0.283. The zero-order valence-electron chi connectivity index (χ0n) is 11.0. The number of carbonyl (C=O) groups excluding carboxylic acids is 1. The van der Waals surface area contributed by atoms with Gasteiger partial charge in [-0.05, 0) is 19.8 Å². The molecule has 0 aromatic rings. The van der Waals surface area contributed by atoms with E-state index in [1.807, 2.05) is 0 Å². The average molecular weight is 276 g/mol. The maximum absolute atomic E-state index is 11.7. The van der Waals surface area contributed by atoms with E-state index in [2.05, 4.69) is 5.32 Å². The van der Waals surface area contributed by atoms with Crippen LogP contribution in [0.3, 0.4) is 0 Å². The molecule has 0 aromatic heterocycles. The summed E-state index contributed by atoms with van der Waals surface area (Å²) < 4.78 is 0. The van der Waals surface area contributed by atoms with E-state index in [4.69, 9.17) is 15.3 Å². The van der Waals surface area contributed by atoms with Gasteiger partial charge < -0.3 is 25.5 Å². The van der Waals surface area contributed by atoms with E-state index in [1.165, 1.54) is 11.9 Å². The average Bonchev–Trinajstić information content (AvgIpc) is 2.34. The Balaban J connectivity index is 4.37. The highest BCUT2D eigenvalue weighted by atomic mass is 16.4. The van der Waals surface area contributed by atoms with Gasteiger partial charge in [0.2, 0.25) is 0 Å². The molecule has 0 heterocycles. The van der Waals surface area contributed by atoms with Crippen LogP contribution in [0, 0.1) is 0 Å². The van der Waals surface area contributed by atoms with Crippen LogP contribution in [0.1, 0.15) is 26.2 Å². The van der Waals surface area contributed by atoms with Crippen molar-refractivity contribution in [2.45, 2.75) is 38.3 Å². The minimum absolute atomic E-state index is 0.0364. The molecule has 0 saturated heterocycles. The molecule has 8 heteroatoms. The second-order valence-electron chi connectivity index (χ2n) is 4.27. The number of carboxylic acids is 2. The highest BCUT2D eigenvalue weighted by Gasteiger charge is 2.23. The molecule has 0 fully saturated rings. The number of hydrogen-bond donors (Lipinski definition) is 4. The lowest BCUT2D eigenvalue weighted by atomic mass is 10.1. The third-order valence-corrected chi connectivity index (χ3v) is 2.72. The van der Waals surface area contributed by atoms with Gasteiger partial charge in [0.05, 0.1) is 12.6 Å². The second kappa shape index (κ2) is 8.30. The molecule has 0 bridgehead atoms. The molecule has 0 rings (SSSR count). The van der Waals surface area contributed by atoms with E-state index >= 15 is 0 Å². The minimum Gasteiger partial charge on any atom is -0.481 e. The summed E-state index contributed by atoms with van der Waals surface area (Å²) in [5, 5.41) is 28.6. The normalized spacial score (nSPS) is 13.4. The molecule has 0 spiro atoms. The third kappa shape index (κ3) is 6.61. The number of aliphatic carboxylic acids is 2. The van der Waals surface area contributed by atoms with Crippen LogP contribution in [-0.4, -0.2) is 63.9 Å². The van der Waals surface area contributed by atoms with Crippen LogP contribution < -0.4 is 5.32 Å². The SMILES string of the molecule is CC(CO)N(C)C(=O)N[C@H](CCCC(=O)O)C(=O)O. The predicted molar refractivity (Wildman–Crippen MR) is 65.8 cm³/mol. The van der Waals surface area contributed by atoms with Gasteiger partial charge in [0, 0.05) is 13.5 Å². The first kappa shape index (κ1) is 17.2. The molecule has 4 N–H and O–H groups in total. The van der Waals surface area contributed by atoms with Crippen LogP contribution in [0.4, 0.5) is 4.79 Å². The van der Waals surface area contributed by atoms with Gasteiger partial charge in [-0.15, -0.1) is 0 Å². The maximum atomic E-state index is 11.7. The van der Waals surface area contributed by atoms with Crippen molar-refractivity contribution in [1.29, 1.82) is 0 Å². The number of amides is 2. The maximum Gasteiger partial charge on any atom is 0.326 e. The number of carbonyl (C=O) groups is 3. The van der Waals surface area contributed by atoms with Crippen molar-refractivity contribution in [3.05, 3.63) is 0 Å². The Kier molecular flexibility index (Phi) is 7.50. The smallest absolute Gasteiger partial charge is 0.326 e. The molecule has 0 saturated carbocycles. The molecule has 8 nitrogen and oxygen atoms in total. The molecule has 2 amide bonds. The van der Waals surface area contributed by atoms with Gasteiger partial charge in [0.15, 0.2) is 0 Å². The number of aliphatic hydroxyl groups excluding tert-OH is 1. The van der Waals surface area contributed by atoms with Crippen molar-refractivity contribution in [1.82, 2.24) is 10.2 Å². The van der Waals surface area contributed by atoms with Crippen LogP contribution in [0.15, 0.2) is 0 Å². The van der Waals surface area contributed by atoms with Crippen LogP contribution in [0.5, 0.6) is 0 Å². The van der Waals surface area contributed by atoms with E-state index in [0.717, 1.165) is 0 Å². The van der Waals surface area contributed by atoms with Gasteiger partial charge in [0.1, 0.15) is 6.04 Å². The van der Waals surface area contributed by atoms with Crippen LogP contribution in [-0.2, 0) is 9.59 Å². The molecule has 2 atom stereocenters. The third-order valence-electron chi connectivity index (χ3n) is 2.72. The van der Waals surface area contributed by atoms with E-state index in [9.17, 15) is 14.4 Å². The highest BCUT2D eigenvalue weighted by Crippen LogP contribution is 2.03. The summed E-state index contributed by atoms with van der Waals surface area (Å²) in [5.41, 5.74) is 0. The monoisotopic (exact) mass is 276 g/mol. The number of nitrogens with zero attached hydrogens (tertiary/aromatic N) is 1. The molecule has 110 valence electrons. The fraction of sp³-hybridized carbons (Fsp3) is 0.727. The largest absolute Gasteiger partial charge is 0.481 e. The first-order valence-electron chi connectivity index (χ1n) is 5.88. The molecule has 19 heavy (non-hydrogen) atoms. The lowest BCUT2D eigenvalue weighted by molar-refractivity contribution is -0.140. The number of carboxylic acid groups (broad SMARTS) is 2. The van der Waals surface area contributed by atoms with Crippen LogP contribution in [0.2, 0.25) is 0 Å². The van der Waals surface area contributed by atoms with Crippen LogP contribution in [0.25, 0.3) is 0 Å². The Labute approximate surface area is 111 Å². The van der Waals surface area contributed by atoms with Gasteiger partial charge >= 0.3 is 18.0 Å². The summed E-state index contributed by atoms with van der Waals surface area (Å²) >= 11 is 0. The summed E-state index contributed by atoms with van der Waals surface area (Å²) in [5.74, 6) is -2.23. The van der Waals surface area contributed by atoms with Gasteiger partial charge in [-0.3, -0.25) is 4.79 Å². The number of hydrogen-bond acceptors (Lipinski definition) is 4. The van der Waals surface area contributed by atoms with E-state index in [-0.39, 0.29) is 25.9 Å². The summed E-state index contributed by atoms with van der Waals surface area (Å²) in [6.07, 6.45) is 0.0447. The number of nitrogens with one attached hydrogen (secondary N) is 1. The van der Waals surface area contributed by atoms with Crippen molar-refractivity contribution in [2.24, 2.45) is 0 Å². The highest BCUT2D eigenvalue weighted by molar-refractivity contribution is 5.82. The van der Waals surface area contributed by atoms with Crippen molar-refractivity contribution >= 4 is 18.0 Å². The molecular weight excluding hydrogens is 256 g/mol. The zero-order chi connectivity index (χ0) is 15.0. The fourth-order valence-corrected chi connectivity index (χ4v) is 1.29. The van der Waals surface area contributed by atoms with Crippen molar-refractivity contribution in [3.63, 3.8) is 0 Å². The molecule has 0 aliphatic heterocycles. The number of rotatable bonds is 8. The fourth-order valence-electron chi connectivity index (χ4n) is 1.29. The van der Waals surface area contributed by atoms with Gasteiger partial charge in [-0.1, -0.05) is 0 Å². The van der Waals surface area contributed by atoms with Gasteiger partial charge in [-0.2, -0.15) is 0 Å². The summed E-state index contributed by atoms with van der Waals surface area (Å²) in [4.78, 5) is 34.1. The molecule has 0 aliphatic carbocycles. The first-order chi connectivity index (χ1) is 8.79. The Morgan fingerprint density at radius 1 is 1.26 bits per heavy atom. The summed E-state index contributed by atoms with van der Waals surface area (Å²) in [6.45, 7) is 1.38. The Morgan fingerprint density at radius 2 is 1.84 bits per heavy atom. The number of aliphatic hydroxyl groups is 1. The van der Waals surface area contributed by atoms with Gasteiger partial charge in [0.25, 0.3) is 0 Å². The number of likely N-dealkylation sites (N-methyl/N-ethyl adjacent to an activating group) is 1. The lowest BCUT2D eigenvalue weighted by Crippen LogP contribution is -2.49. The zero-order valence-corrected chi connectivity index (χ0v) is 11.0. The summed E-state index contributed by atoms with van der Waals surface area (Å²) in [6, 6.07) is -2.20. The van der Waals surface area contributed by atoms with Gasteiger partial charge in [-0.25, -0.2) is 9.59 Å². The quantitative estimate of drug-likeness (QED) is 0.482. The van der Waals surface area contributed by atoms with Crippen LogP contribution >= 0.6 is 0 Å². The topological polar surface area (TPSA) is 127 Å². The van der Waals surface area contributed by atoms with Crippen molar-refractivity contribution < 1.29 is 29.7 Å². The first-order valence-corrected chi connectivity index (χ1v) is 5.88. The number of urea groups is 1. The van der Waals surface area contributed by atoms with Crippen molar-refractivity contribution in [3.8, 4) is 0 Å². The molecule has 0 aromatic carbocycles. The van der Waals surface area contributed by atoms with E-state index in [0.29, 0.717) is 0 Å². The molecule has 1 unspecified atom stereocenters. The summed E-state index contributed by atoms with van der Waals surface area (Å²) in [7, 11) is 1.44. The Hall–Kier alpha value is -1.83. The van der Waals surface area contributed by atoms with E-state index < -0.39 is 30.1 Å².